The Kier molecular flexibility index (Phi) is 4.59. The van der Waals surface area contributed by atoms with Crippen LogP contribution in [0.15, 0.2) is 29.8 Å². The van der Waals surface area contributed by atoms with Crippen LogP contribution in [-0.4, -0.2) is 11.7 Å². The lowest BCUT2D eigenvalue weighted by molar-refractivity contribution is 0.194. The molecule has 4 heteroatoms. The van der Waals surface area contributed by atoms with Crippen LogP contribution in [0.1, 0.15) is 18.6 Å². The van der Waals surface area contributed by atoms with Crippen molar-refractivity contribution in [2.45, 2.75) is 13.0 Å². The lowest BCUT2D eigenvalue weighted by Gasteiger charge is -2.08. The minimum atomic E-state index is -0.818. The van der Waals surface area contributed by atoms with Crippen molar-refractivity contribution in [3.63, 3.8) is 0 Å². The first-order valence-electron chi connectivity index (χ1n) is 4.50. The van der Waals surface area contributed by atoms with E-state index in [1.807, 2.05) is 0 Å². The smallest absolute Gasteiger partial charge is 0.132 e. The number of aliphatic hydroxyl groups is 1. The molecule has 1 rings (SSSR count). The number of hydrogen-bond acceptors (Lipinski definition) is 2. The second kappa shape index (κ2) is 5.73. The van der Waals surface area contributed by atoms with Gasteiger partial charge < -0.3 is 9.84 Å². The number of ether oxygens (including phenoxy) is 1. The maximum absolute atomic E-state index is 13.3. The highest BCUT2D eigenvalue weighted by atomic mass is 35.5. The third kappa shape index (κ3) is 3.53. The average Bonchev–Trinajstić information content (AvgIpc) is 2.17. The van der Waals surface area contributed by atoms with Crippen molar-refractivity contribution in [2.75, 3.05) is 6.61 Å². The maximum atomic E-state index is 13.3. The van der Waals surface area contributed by atoms with Crippen LogP contribution in [0.3, 0.4) is 0 Å². The Morgan fingerprint density at radius 2 is 2.33 bits per heavy atom. The van der Waals surface area contributed by atoms with Gasteiger partial charge in [-0.3, -0.25) is 0 Å². The lowest BCUT2D eigenvalue weighted by Crippen LogP contribution is -1.98. The van der Waals surface area contributed by atoms with Crippen molar-refractivity contribution in [3.8, 4) is 5.75 Å². The van der Waals surface area contributed by atoms with Gasteiger partial charge >= 0.3 is 0 Å². The van der Waals surface area contributed by atoms with E-state index in [-0.39, 0.29) is 12.2 Å². The zero-order chi connectivity index (χ0) is 11.3. The molecule has 0 spiro atoms. The summed E-state index contributed by atoms with van der Waals surface area (Å²) >= 11 is 5.30. The molecule has 1 aromatic carbocycles. The predicted molar refractivity (Wildman–Crippen MR) is 57.5 cm³/mol. The highest BCUT2D eigenvalue weighted by molar-refractivity contribution is 6.25. The largest absolute Gasteiger partial charge is 0.489 e. The van der Waals surface area contributed by atoms with E-state index >= 15 is 0 Å². The zero-order valence-electron chi connectivity index (χ0n) is 8.28. The Morgan fingerprint density at radius 1 is 1.60 bits per heavy atom. The van der Waals surface area contributed by atoms with E-state index in [0.29, 0.717) is 5.75 Å². The molecule has 0 saturated carbocycles. The molecule has 0 fully saturated rings. The number of hydrogen-bond donors (Lipinski definition) is 1. The minimum absolute atomic E-state index is 0.259. The fraction of sp³-hybridized carbons (Fsp3) is 0.273. The Morgan fingerprint density at radius 3 is 2.87 bits per heavy atom. The molecule has 0 aliphatic heterocycles. The molecule has 0 aliphatic carbocycles. The minimum Gasteiger partial charge on any atom is -0.489 e. The van der Waals surface area contributed by atoms with Gasteiger partial charge in [0.05, 0.1) is 6.10 Å². The Hall–Kier alpha value is -1.06. The summed E-state index contributed by atoms with van der Waals surface area (Å²) in [6.45, 7) is 1.80. The first kappa shape index (κ1) is 12.0. The molecule has 0 aromatic heterocycles. The van der Waals surface area contributed by atoms with Crippen LogP contribution >= 0.6 is 11.6 Å². The summed E-state index contributed by atoms with van der Waals surface area (Å²) in [4.78, 5) is 0. The predicted octanol–water partition coefficient (Wildman–Crippen LogP) is 3.01. The second-order valence-electron chi connectivity index (χ2n) is 3.03. The molecule has 1 N–H and O–H groups in total. The SMILES string of the molecule is CC(O)c1ccc(OC/C=C/Cl)cc1F. The van der Waals surface area contributed by atoms with E-state index in [1.54, 1.807) is 12.1 Å². The van der Waals surface area contributed by atoms with Crippen LogP contribution in [0.2, 0.25) is 0 Å². The number of aliphatic hydroxyl groups excluding tert-OH is 1. The highest BCUT2D eigenvalue weighted by Gasteiger charge is 2.08. The van der Waals surface area contributed by atoms with Gasteiger partial charge in [-0.1, -0.05) is 11.6 Å². The fourth-order valence-electron chi connectivity index (χ4n) is 1.12. The summed E-state index contributed by atoms with van der Waals surface area (Å²) in [5.41, 5.74) is 1.59. The monoisotopic (exact) mass is 230 g/mol. The third-order valence-corrected chi connectivity index (χ3v) is 2.04. The summed E-state index contributed by atoms with van der Waals surface area (Å²) in [7, 11) is 0. The van der Waals surface area contributed by atoms with Gasteiger partial charge in [0.15, 0.2) is 0 Å². The molecular weight excluding hydrogens is 219 g/mol. The molecule has 0 radical (unpaired) electrons. The molecule has 1 atom stereocenters. The normalized spacial score (nSPS) is 13.1. The number of benzene rings is 1. The number of halogens is 2. The topological polar surface area (TPSA) is 29.5 Å². The summed E-state index contributed by atoms with van der Waals surface area (Å²) in [5.74, 6) is -0.0657. The molecule has 0 amide bonds. The van der Waals surface area contributed by atoms with Crippen molar-refractivity contribution in [1.29, 1.82) is 0 Å². The van der Waals surface area contributed by atoms with Gasteiger partial charge in [-0.05, 0) is 25.1 Å². The van der Waals surface area contributed by atoms with E-state index in [0.717, 1.165) is 0 Å². The van der Waals surface area contributed by atoms with Crippen molar-refractivity contribution in [1.82, 2.24) is 0 Å². The second-order valence-corrected chi connectivity index (χ2v) is 3.28. The van der Waals surface area contributed by atoms with Crippen molar-refractivity contribution >= 4 is 11.6 Å². The van der Waals surface area contributed by atoms with Crippen LogP contribution in [-0.2, 0) is 0 Å². The van der Waals surface area contributed by atoms with E-state index in [2.05, 4.69) is 0 Å². The summed E-state index contributed by atoms with van der Waals surface area (Å²) in [5, 5.41) is 9.20. The molecule has 2 nitrogen and oxygen atoms in total. The van der Waals surface area contributed by atoms with Crippen molar-refractivity contribution < 1.29 is 14.2 Å². The van der Waals surface area contributed by atoms with E-state index in [4.69, 9.17) is 16.3 Å². The molecule has 0 aliphatic rings. The quantitative estimate of drug-likeness (QED) is 0.862. The van der Waals surface area contributed by atoms with Gasteiger partial charge in [0, 0.05) is 17.2 Å². The van der Waals surface area contributed by atoms with Crippen LogP contribution in [0.4, 0.5) is 4.39 Å². The van der Waals surface area contributed by atoms with E-state index in [9.17, 15) is 9.50 Å². The molecule has 15 heavy (non-hydrogen) atoms. The molecule has 0 bridgehead atoms. The first-order valence-corrected chi connectivity index (χ1v) is 4.94. The Labute approximate surface area is 92.9 Å². The molecular formula is C11H12ClFO2. The van der Waals surface area contributed by atoms with Crippen LogP contribution in [0.5, 0.6) is 5.75 Å². The van der Waals surface area contributed by atoms with Crippen molar-refractivity contribution in [3.05, 3.63) is 41.2 Å². The molecule has 1 aromatic rings. The maximum Gasteiger partial charge on any atom is 0.132 e. The summed E-state index contributed by atoms with van der Waals surface area (Å²) < 4.78 is 18.5. The van der Waals surface area contributed by atoms with Crippen molar-refractivity contribution in [2.24, 2.45) is 0 Å². The van der Waals surface area contributed by atoms with Crippen LogP contribution in [0, 0.1) is 5.82 Å². The average molecular weight is 231 g/mol. The molecule has 82 valence electrons. The van der Waals surface area contributed by atoms with Gasteiger partial charge in [-0.2, -0.15) is 0 Å². The van der Waals surface area contributed by atoms with Gasteiger partial charge in [0.2, 0.25) is 0 Å². The Balaban J connectivity index is 2.73. The zero-order valence-corrected chi connectivity index (χ0v) is 9.04. The molecule has 1 unspecified atom stereocenters. The van der Waals surface area contributed by atoms with Gasteiger partial charge in [0.1, 0.15) is 18.2 Å². The summed E-state index contributed by atoms with van der Waals surface area (Å²) in [6.07, 6.45) is 0.781. The van der Waals surface area contributed by atoms with E-state index in [1.165, 1.54) is 24.6 Å². The van der Waals surface area contributed by atoms with Gasteiger partial charge in [-0.15, -0.1) is 0 Å². The highest BCUT2D eigenvalue weighted by Crippen LogP contribution is 2.21. The lowest BCUT2D eigenvalue weighted by atomic mass is 10.1. The summed E-state index contributed by atoms with van der Waals surface area (Å²) in [6, 6.07) is 4.34. The third-order valence-electron chi connectivity index (χ3n) is 1.86. The van der Waals surface area contributed by atoms with Gasteiger partial charge in [-0.25, -0.2) is 4.39 Å². The fourth-order valence-corrected chi connectivity index (χ4v) is 1.19. The number of rotatable bonds is 4. The molecule has 0 saturated heterocycles. The van der Waals surface area contributed by atoms with Gasteiger partial charge in [0.25, 0.3) is 0 Å². The molecule has 0 heterocycles. The van der Waals surface area contributed by atoms with E-state index < -0.39 is 11.9 Å². The Bertz CT molecular complexity index is 350. The standard InChI is InChI=1S/C11H12ClFO2/c1-8(14)10-4-3-9(7-11(10)13)15-6-2-5-12/h2-5,7-8,14H,6H2,1H3/b5-2+. The first-order chi connectivity index (χ1) is 7.15. The van der Waals surface area contributed by atoms with Crippen LogP contribution in [0.25, 0.3) is 0 Å². The van der Waals surface area contributed by atoms with Crippen LogP contribution < -0.4 is 4.74 Å².